The number of aromatic nitrogens is 2. The normalized spacial score (nSPS) is 10.7. The average molecular weight is 281 g/mol. The minimum absolute atomic E-state index is 0.0263. The lowest BCUT2D eigenvalue weighted by molar-refractivity contribution is -0.119. The van der Waals surface area contributed by atoms with Crippen LogP contribution in [0.3, 0.4) is 0 Å². The van der Waals surface area contributed by atoms with Crippen LogP contribution in [0.15, 0.2) is 48.8 Å². The zero-order valence-corrected chi connectivity index (χ0v) is 11.6. The number of ether oxygens (including phenoxy) is 1. The van der Waals surface area contributed by atoms with E-state index in [1.54, 1.807) is 6.20 Å². The van der Waals surface area contributed by atoms with E-state index in [0.717, 1.165) is 22.2 Å². The molecule has 2 N–H and O–H groups in total. The van der Waals surface area contributed by atoms with E-state index in [-0.39, 0.29) is 12.5 Å². The zero-order chi connectivity index (χ0) is 14.7. The highest BCUT2D eigenvalue weighted by Crippen LogP contribution is 2.27. The molecule has 5 nitrogen and oxygen atoms in total. The van der Waals surface area contributed by atoms with Gasteiger partial charge < -0.3 is 15.0 Å². The van der Waals surface area contributed by atoms with Gasteiger partial charge in [0.15, 0.2) is 0 Å². The fraction of sp³-hybridized carbons (Fsp3) is 0.125. The molecule has 1 aromatic carbocycles. The molecule has 0 bridgehead atoms. The van der Waals surface area contributed by atoms with Gasteiger partial charge in [0.25, 0.3) is 0 Å². The number of pyridine rings is 1. The van der Waals surface area contributed by atoms with Gasteiger partial charge in [-0.3, -0.25) is 4.79 Å². The van der Waals surface area contributed by atoms with Crippen molar-refractivity contribution in [3.63, 3.8) is 0 Å². The molecule has 0 aliphatic heterocycles. The molecule has 2 heterocycles. The fourth-order valence-corrected chi connectivity index (χ4v) is 2.21. The third-order valence-corrected chi connectivity index (χ3v) is 3.19. The highest BCUT2D eigenvalue weighted by atomic mass is 16.5. The molecule has 106 valence electrons. The Labute approximate surface area is 122 Å². The second-order valence-corrected chi connectivity index (χ2v) is 4.67. The SMILES string of the molecule is COCC(=O)Nc1c[nH]c2ncc(-c3ccccc3)cc12. The number of methoxy groups -OCH3 is 1. The summed E-state index contributed by atoms with van der Waals surface area (Å²) in [6, 6.07) is 12.0. The van der Waals surface area contributed by atoms with Gasteiger partial charge >= 0.3 is 0 Å². The van der Waals surface area contributed by atoms with Crippen LogP contribution in [0, 0.1) is 0 Å². The van der Waals surface area contributed by atoms with Crippen molar-refractivity contribution >= 4 is 22.6 Å². The Hall–Kier alpha value is -2.66. The summed E-state index contributed by atoms with van der Waals surface area (Å²) in [7, 11) is 1.49. The topological polar surface area (TPSA) is 67.0 Å². The number of hydrogen-bond donors (Lipinski definition) is 2. The lowest BCUT2D eigenvalue weighted by Crippen LogP contribution is -2.16. The molecular formula is C16H15N3O2. The Morgan fingerprint density at radius 3 is 2.86 bits per heavy atom. The van der Waals surface area contributed by atoms with E-state index in [1.807, 2.05) is 42.6 Å². The third-order valence-electron chi connectivity index (χ3n) is 3.19. The van der Waals surface area contributed by atoms with Crippen LogP contribution < -0.4 is 5.32 Å². The van der Waals surface area contributed by atoms with Crippen LogP contribution in [0.25, 0.3) is 22.2 Å². The highest BCUT2D eigenvalue weighted by molar-refractivity contribution is 6.02. The summed E-state index contributed by atoms with van der Waals surface area (Å²) in [6.45, 7) is 0.0263. The van der Waals surface area contributed by atoms with E-state index in [2.05, 4.69) is 15.3 Å². The average Bonchev–Trinajstić information content (AvgIpc) is 2.91. The molecule has 0 atom stereocenters. The minimum Gasteiger partial charge on any atom is -0.375 e. The summed E-state index contributed by atoms with van der Waals surface area (Å²) in [6.07, 6.45) is 3.55. The predicted octanol–water partition coefficient (Wildman–Crippen LogP) is 2.81. The summed E-state index contributed by atoms with van der Waals surface area (Å²) >= 11 is 0. The second kappa shape index (κ2) is 5.76. The van der Waals surface area contributed by atoms with Crippen LogP contribution in [0.4, 0.5) is 5.69 Å². The molecule has 0 aliphatic carbocycles. The van der Waals surface area contributed by atoms with E-state index in [4.69, 9.17) is 4.74 Å². The summed E-state index contributed by atoms with van der Waals surface area (Å²) in [5, 5.41) is 3.69. The highest BCUT2D eigenvalue weighted by Gasteiger charge is 2.09. The summed E-state index contributed by atoms with van der Waals surface area (Å²) in [5.74, 6) is -0.191. The minimum atomic E-state index is -0.191. The van der Waals surface area contributed by atoms with Crippen LogP contribution in [0.2, 0.25) is 0 Å². The molecule has 21 heavy (non-hydrogen) atoms. The van der Waals surface area contributed by atoms with Gasteiger partial charge in [0.05, 0.1) is 5.69 Å². The second-order valence-electron chi connectivity index (χ2n) is 4.67. The monoisotopic (exact) mass is 281 g/mol. The maximum Gasteiger partial charge on any atom is 0.250 e. The first-order chi connectivity index (χ1) is 10.3. The van der Waals surface area contributed by atoms with Crippen molar-refractivity contribution < 1.29 is 9.53 Å². The Balaban J connectivity index is 1.98. The Morgan fingerprint density at radius 1 is 1.29 bits per heavy atom. The van der Waals surface area contributed by atoms with Crippen molar-refractivity contribution in [1.29, 1.82) is 0 Å². The molecular weight excluding hydrogens is 266 g/mol. The van der Waals surface area contributed by atoms with Crippen molar-refractivity contribution in [3.8, 4) is 11.1 Å². The van der Waals surface area contributed by atoms with E-state index < -0.39 is 0 Å². The Bertz CT molecular complexity index is 766. The number of benzene rings is 1. The largest absolute Gasteiger partial charge is 0.375 e. The zero-order valence-electron chi connectivity index (χ0n) is 11.6. The van der Waals surface area contributed by atoms with Gasteiger partial charge in [-0.05, 0) is 11.6 Å². The maximum atomic E-state index is 11.6. The van der Waals surface area contributed by atoms with Crippen molar-refractivity contribution in [3.05, 3.63) is 48.8 Å². The van der Waals surface area contributed by atoms with Crippen LogP contribution >= 0.6 is 0 Å². The lowest BCUT2D eigenvalue weighted by atomic mass is 10.1. The summed E-state index contributed by atoms with van der Waals surface area (Å²) in [4.78, 5) is 19.1. The number of nitrogens with one attached hydrogen (secondary N) is 2. The molecule has 5 heteroatoms. The molecule has 0 spiro atoms. The van der Waals surface area contributed by atoms with Gasteiger partial charge in [-0.25, -0.2) is 4.98 Å². The van der Waals surface area contributed by atoms with Gasteiger partial charge in [0, 0.05) is 30.5 Å². The van der Waals surface area contributed by atoms with E-state index in [0.29, 0.717) is 5.69 Å². The quantitative estimate of drug-likeness (QED) is 0.772. The standard InChI is InChI=1S/C16H15N3O2/c1-21-10-15(20)19-14-9-18-16-13(14)7-12(8-17-16)11-5-3-2-4-6-11/h2-9H,10H2,1H3,(H,17,18)(H,19,20). The van der Waals surface area contributed by atoms with Crippen LogP contribution in [0.5, 0.6) is 0 Å². The van der Waals surface area contributed by atoms with Gasteiger partial charge in [0.2, 0.25) is 5.91 Å². The molecule has 0 unspecified atom stereocenters. The number of hydrogen-bond acceptors (Lipinski definition) is 3. The van der Waals surface area contributed by atoms with Gasteiger partial charge in [-0.2, -0.15) is 0 Å². The molecule has 3 aromatic rings. The van der Waals surface area contributed by atoms with E-state index in [9.17, 15) is 4.79 Å². The number of carbonyl (C=O) groups is 1. The first-order valence-electron chi connectivity index (χ1n) is 6.59. The molecule has 0 saturated carbocycles. The molecule has 0 aliphatic rings. The number of fused-ring (bicyclic) bond motifs is 1. The molecule has 0 fully saturated rings. The van der Waals surface area contributed by atoms with Gasteiger partial charge in [-0.1, -0.05) is 30.3 Å². The number of aromatic amines is 1. The number of anilines is 1. The number of amides is 1. The van der Waals surface area contributed by atoms with Crippen LogP contribution in [-0.4, -0.2) is 29.6 Å². The van der Waals surface area contributed by atoms with Crippen molar-refractivity contribution in [2.45, 2.75) is 0 Å². The first kappa shape index (κ1) is 13.3. The Kier molecular flexibility index (Phi) is 3.66. The van der Waals surface area contributed by atoms with Crippen LogP contribution in [0.1, 0.15) is 0 Å². The predicted molar refractivity (Wildman–Crippen MR) is 82.0 cm³/mol. The van der Waals surface area contributed by atoms with E-state index >= 15 is 0 Å². The maximum absolute atomic E-state index is 11.6. The number of carbonyl (C=O) groups excluding carboxylic acids is 1. The molecule has 3 rings (SSSR count). The molecule has 0 saturated heterocycles. The summed E-state index contributed by atoms with van der Waals surface area (Å²) < 4.78 is 4.82. The number of nitrogens with zero attached hydrogens (tertiary/aromatic N) is 1. The summed E-state index contributed by atoms with van der Waals surface area (Å²) in [5.41, 5.74) is 3.53. The molecule has 1 amide bonds. The molecule has 2 aromatic heterocycles. The van der Waals surface area contributed by atoms with Gasteiger partial charge in [-0.15, -0.1) is 0 Å². The van der Waals surface area contributed by atoms with Crippen molar-refractivity contribution in [2.75, 3.05) is 19.0 Å². The number of H-pyrrole nitrogens is 1. The molecule has 0 radical (unpaired) electrons. The third kappa shape index (κ3) is 2.78. The van der Waals surface area contributed by atoms with Gasteiger partial charge in [0.1, 0.15) is 12.3 Å². The lowest BCUT2D eigenvalue weighted by Gasteiger charge is -2.04. The van der Waals surface area contributed by atoms with Crippen LogP contribution in [-0.2, 0) is 9.53 Å². The smallest absolute Gasteiger partial charge is 0.250 e. The Morgan fingerprint density at radius 2 is 2.10 bits per heavy atom. The van der Waals surface area contributed by atoms with Crippen molar-refractivity contribution in [1.82, 2.24) is 9.97 Å². The first-order valence-corrected chi connectivity index (χ1v) is 6.59. The number of rotatable bonds is 4. The van der Waals surface area contributed by atoms with Crippen molar-refractivity contribution in [2.24, 2.45) is 0 Å². The van der Waals surface area contributed by atoms with E-state index in [1.165, 1.54) is 7.11 Å². The fourth-order valence-electron chi connectivity index (χ4n) is 2.21.